The number of rotatable bonds is 19. The Labute approximate surface area is 443 Å². The third-order valence-electron chi connectivity index (χ3n) is 16.2. The number of alkyl halides is 2. The van der Waals surface area contributed by atoms with Crippen LogP contribution in [0.25, 0.3) is 0 Å². The Balaban J connectivity index is 1.40. The average molecular weight is 1070 g/mol. The molecule has 20 heteroatoms. The smallest absolute Gasteiger partial charge is 0.311 e. The van der Waals surface area contributed by atoms with Crippen molar-refractivity contribution in [1.82, 2.24) is 24.8 Å². The molecule has 19 atom stereocenters. The summed E-state index contributed by atoms with van der Waals surface area (Å²) in [7, 11) is 6.95. The van der Waals surface area contributed by atoms with Crippen LogP contribution in [0.1, 0.15) is 131 Å². The average Bonchev–Trinajstić information content (AvgIpc) is 3.83. The number of thioether (sulfide) groups is 1. The molecule has 0 spiro atoms. The lowest BCUT2D eigenvalue weighted by atomic mass is 9.77. The van der Waals surface area contributed by atoms with E-state index in [2.05, 4.69) is 15.2 Å². The third kappa shape index (κ3) is 15.4. The highest BCUT2D eigenvalue weighted by Crippen LogP contribution is 2.41. The van der Waals surface area contributed by atoms with Crippen LogP contribution in [0.2, 0.25) is 0 Å². The molecule has 0 bridgehead atoms. The molecule has 424 valence electrons. The van der Waals surface area contributed by atoms with Crippen molar-refractivity contribution in [3.05, 3.63) is 41.7 Å². The second-order valence-corrected chi connectivity index (χ2v) is 23.5. The molecule has 3 aliphatic rings. The number of ether oxygens (including phenoxy) is 7. The molecule has 74 heavy (non-hydrogen) atoms. The van der Waals surface area contributed by atoms with Crippen molar-refractivity contribution in [3.63, 3.8) is 0 Å². The fraction of sp³-hybridized carbons (Fsp3) is 0.833. The summed E-state index contributed by atoms with van der Waals surface area (Å²) in [5.41, 5.74) is -2.93. The minimum atomic E-state index is -1.82. The molecule has 0 unspecified atom stereocenters. The summed E-state index contributed by atoms with van der Waals surface area (Å²) >= 11 is 1.57. The monoisotopic (exact) mass is 1070 g/mol. The van der Waals surface area contributed by atoms with Crippen LogP contribution in [0.4, 0.5) is 8.78 Å². The van der Waals surface area contributed by atoms with E-state index in [1.807, 2.05) is 71.0 Å². The Kier molecular flexibility index (Phi) is 23.1. The van der Waals surface area contributed by atoms with Crippen LogP contribution >= 0.6 is 11.8 Å². The van der Waals surface area contributed by atoms with Crippen LogP contribution in [0, 0.1) is 17.8 Å². The molecule has 1 aromatic carbocycles. The zero-order valence-electron chi connectivity index (χ0n) is 46.6. The topological polar surface area (TPSA) is 200 Å². The van der Waals surface area contributed by atoms with Gasteiger partial charge in [-0.25, -0.2) is 9.07 Å². The molecule has 3 fully saturated rings. The standard InChI is InChI=1S/C54H91F2N5O12S/c1-15-43-54(10,66)48(62)36(6)60(12)30-32(2)27-52(8,65)50(34(4)46(35(5)51(64)71-43)72-45-28-53(9,68-14)49(63)37(7)70-45)73-44-26-40(25-33(3)69-44)59(11)23-21-39-31-61(58-57-39)42(29-56)47(67-13)38-17-19-41(20-18-38)74-24-16-22-55/h17-20,31-37,40,42-50,62-63,65-66H,15-16,21-30H2,1-14H3/t32-,33-,34+,35-,36-,37+,40+,42-,43-,44+,45+,46+,47-,48-,49+,50-,52-,53-,54-/m1/s1. The minimum absolute atomic E-state index is 0.0219. The van der Waals surface area contributed by atoms with Crippen LogP contribution in [0.15, 0.2) is 35.4 Å². The predicted molar refractivity (Wildman–Crippen MR) is 278 cm³/mol. The molecule has 0 aliphatic carbocycles. The quantitative estimate of drug-likeness (QED) is 0.0676. The summed E-state index contributed by atoms with van der Waals surface area (Å²) in [4.78, 5) is 19.7. The van der Waals surface area contributed by atoms with Crippen molar-refractivity contribution in [2.45, 2.75) is 215 Å². The molecule has 2 aromatic rings. The number of aromatic nitrogens is 3. The van der Waals surface area contributed by atoms with Gasteiger partial charge in [0.15, 0.2) is 12.6 Å². The fourth-order valence-corrected chi connectivity index (χ4v) is 12.3. The van der Waals surface area contributed by atoms with Gasteiger partial charge in [0, 0.05) is 81.4 Å². The van der Waals surface area contributed by atoms with Gasteiger partial charge in [-0.3, -0.25) is 9.18 Å². The van der Waals surface area contributed by atoms with Gasteiger partial charge in [-0.1, -0.05) is 38.1 Å². The number of esters is 1. The number of carbonyl (C=O) groups is 1. The normalized spacial score (nSPS) is 38.3. The fourth-order valence-electron chi connectivity index (χ4n) is 11.5. The molecule has 0 amide bonds. The first kappa shape index (κ1) is 62.4. The Bertz CT molecular complexity index is 2010. The molecule has 4 heterocycles. The maximum Gasteiger partial charge on any atom is 0.311 e. The minimum Gasteiger partial charge on any atom is -0.459 e. The first-order valence-corrected chi connectivity index (χ1v) is 27.7. The van der Waals surface area contributed by atoms with Gasteiger partial charge >= 0.3 is 5.97 Å². The Morgan fingerprint density at radius 2 is 1.65 bits per heavy atom. The van der Waals surface area contributed by atoms with Crippen LogP contribution in [0.3, 0.4) is 0 Å². The molecule has 0 saturated carbocycles. The second kappa shape index (κ2) is 27.4. The third-order valence-corrected chi connectivity index (χ3v) is 17.3. The molecule has 17 nitrogen and oxygen atoms in total. The summed E-state index contributed by atoms with van der Waals surface area (Å²) in [5, 5.41) is 56.3. The molecule has 4 N–H and O–H groups in total. The number of benzene rings is 1. The molecular weight excluding hydrogens is 981 g/mol. The zero-order valence-corrected chi connectivity index (χ0v) is 47.4. The second-order valence-electron chi connectivity index (χ2n) is 22.4. The van der Waals surface area contributed by atoms with Gasteiger partial charge in [0.25, 0.3) is 0 Å². The number of methoxy groups -OCH3 is 2. The first-order valence-electron chi connectivity index (χ1n) is 26.7. The van der Waals surface area contributed by atoms with Gasteiger partial charge in [0.2, 0.25) is 0 Å². The van der Waals surface area contributed by atoms with E-state index >= 15 is 0 Å². The van der Waals surface area contributed by atoms with E-state index in [4.69, 9.17) is 33.2 Å². The van der Waals surface area contributed by atoms with Gasteiger partial charge in [-0.2, -0.15) is 0 Å². The Morgan fingerprint density at radius 3 is 2.27 bits per heavy atom. The van der Waals surface area contributed by atoms with Crippen molar-refractivity contribution in [2.24, 2.45) is 17.8 Å². The molecule has 3 aliphatic heterocycles. The Morgan fingerprint density at radius 1 is 0.959 bits per heavy atom. The van der Waals surface area contributed by atoms with Crippen LogP contribution in [-0.2, 0) is 44.4 Å². The highest BCUT2D eigenvalue weighted by Gasteiger charge is 2.52. The summed E-state index contributed by atoms with van der Waals surface area (Å²) in [6, 6.07) is 6.35. The molecule has 5 rings (SSSR count). The molecule has 3 saturated heterocycles. The summed E-state index contributed by atoms with van der Waals surface area (Å²) < 4.78 is 73.5. The number of halogens is 2. The SMILES string of the molecule is CC[C@H]1OC(=O)[C@H](C)[C@@H](O[C@H]2C[C@@](C)(OC)[C@@H](O)[C@H](C)O2)[C@H](C)[C@@H](O[C@H]2C[C@@H](N(C)CCc3cn([C@H](CF)[C@H](OC)c4ccc(SCCCF)cc4)nn3)C[C@@H](C)O2)[C@](C)(O)C[C@@H](C)CN(C)[C@H](C)[C@@H](O)[C@]1(C)O. The number of hydrogen-bond donors (Lipinski definition) is 4. The lowest BCUT2D eigenvalue weighted by Gasteiger charge is -2.48. The number of hydrogen-bond acceptors (Lipinski definition) is 17. The number of likely N-dealkylation sites (N-methyl/N-ethyl adjacent to an activating group) is 2. The van der Waals surface area contributed by atoms with Crippen molar-refractivity contribution in [1.29, 1.82) is 0 Å². The van der Waals surface area contributed by atoms with E-state index in [0.29, 0.717) is 50.2 Å². The largest absolute Gasteiger partial charge is 0.459 e. The molecule has 0 radical (unpaired) electrons. The highest BCUT2D eigenvalue weighted by molar-refractivity contribution is 7.99. The number of carbonyl (C=O) groups excluding carboxylic acids is 1. The van der Waals surface area contributed by atoms with E-state index in [1.165, 1.54) is 18.7 Å². The van der Waals surface area contributed by atoms with Gasteiger partial charge < -0.3 is 63.4 Å². The van der Waals surface area contributed by atoms with Gasteiger partial charge in [0.05, 0.1) is 53.9 Å². The van der Waals surface area contributed by atoms with Crippen molar-refractivity contribution < 1.29 is 67.2 Å². The number of cyclic esters (lactones) is 1. The van der Waals surface area contributed by atoms with Crippen LogP contribution in [0.5, 0.6) is 0 Å². The van der Waals surface area contributed by atoms with E-state index in [9.17, 15) is 34.0 Å². The maximum atomic E-state index is 14.8. The number of nitrogens with zero attached hydrogens (tertiary/aromatic N) is 5. The van der Waals surface area contributed by atoms with Gasteiger partial charge in [0.1, 0.15) is 42.7 Å². The van der Waals surface area contributed by atoms with Crippen LogP contribution in [-0.4, -0.2) is 196 Å². The zero-order chi connectivity index (χ0) is 54.9. The summed E-state index contributed by atoms with van der Waals surface area (Å²) in [5.74, 6) is -1.91. The summed E-state index contributed by atoms with van der Waals surface area (Å²) in [6.45, 7) is 17.8. The van der Waals surface area contributed by atoms with E-state index < -0.39 is 109 Å². The number of aliphatic hydroxyl groups excluding tert-OH is 2. The van der Waals surface area contributed by atoms with E-state index in [0.717, 1.165) is 10.5 Å². The molecular formula is C54H91F2N5O12S. The van der Waals surface area contributed by atoms with Gasteiger partial charge in [-0.15, -0.1) is 16.9 Å². The van der Waals surface area contributed by atoms with Crippen molar-refractivity contribution in [3.8, 4) is 0 Å². The maximum absolute atomic E-state index is 14.8. The number of aliphatic hydroxyl groups is 4. The van der Waals surface area contributed by atoms with Gasteiger partial charge in [-0.05, 0) is 112 Å². The predicted octanol–water partition coefficient (Wildman–Crippen LogP) is 6.48. The van der Waals surface area contributed by atoms with Crippen molar-refractivity contribution >= 4 is 17.7 Å². The van der Waals surface area contributed by atoms with Crippen LogP contribution < -0.4 is 0 Å². The highest BCUT2D eigenvalue weighted by atomic mass is 32.2. The van der Waals surface area contributed by atoms with E-state index in [-0.39, 0.29) is 44.0 Å². The lowest BCUT2D eigenvalue weighted by molar-refractivity contribution is -0.308. The first-order chi connectivity index (χ1) is 34.8. The molecule has 1 aromatic heterocycles. The van der Waals surface area contributed by atoms with E-state index in [1.54, 1.807) is 59.7 Å². The Hall–Kier alpha value is -2.44. The summed E-state index contributed by atoms with van der Waals surface area (Å²) in [6.07, 6.45) is -4.17. The lowest BCUT2D eigenvalue weighted by Crippen LogP contribution is -2.59. The van der Waals surface area contributed by atoms with Crippen molar-refractivity contribution in [2.75, 3.05) is 60.5 Å².